The molecule has 0 amide bonds. The summed E-state index contributed by atoms with van der Waals surface area (Å²) < 4.78 is 0. The van der Waals surface area contributed by atoms with Crippen LogP contribution in [0.15, 0.2) is 30.4 Å². The fourth-order valence-corrected chi connectivity index (χ4v) is 1.08. The van der Waals surface area contributed by atoms with Gasteiger partial charge in [-0.1, -0.05) is 0 Å². The molecule has 2 heterocycles. The zero-order valence-corrected chi connectivity index (χ0v) is 7.52. The van der Waals surface area contributed by atoms with E-state index < -0.39 is 23.9 Å². The van der Waals surface area contributed by atoms with Crippen LogP contribution in [0.4, 0.5) is 0 Å². The molecule has 8 heteroatoms. The lowest BCUT2D eigenvalue weighted by Crippen LogP contribution is -2.23. The lowest BCUT2D eigenvalue weighted by atomic mass is 10.1. The largest absolute Gasteiger partial charge is 0.294 e. The fraction of sp³-hybridized carbons (Fsp3) is 0.429. The van der Waals surface area contributed by atoms with Gasteiger partial charge >= 0.3 is 0 Å². The summed E-state index contributed by atoms with van der Waals surface area (Å²) in [6, 6.07) is 0. The van der Waals surface area contributed by atoms with E-state index in [4.69, 9.17) is 0 Å². The van der Waals surface area contributed by atoms with Crippen molar-refractivity contribution in [1.29, 1.82) is 0 Å². The first-order chi connectivity index (χ1) is 7.27. The molecule has 0 saturated carbocycles. The van der Waals surface area contributed by atoms with Crippen molar-refractivity contribution in [1.82, 2.24) is 0 Å². The lowest BCUT2D eigenvalue weighted by molar-refractivity contribution is -0.128. The summed E-state index contributed by atoms with van der Waals surface area (Å²) in [4.78, 5) is 30.1. The van der Waals surface area contributed by atoms with Crippen molar-refractivity contribution in [2.75, 3.05) is 0 Å². The number of carbonyl (C=O) groups is 2. The number of azo groups is 2. The molecule has 0 radical (unpaired) electrons. The van der Waals surface area contributed by atoms with Crippen LogP contribution in [0.2, 0.25) is 0 Å². The average Bonchev–Trinajstić information content (AvgIpc) is 2.91. The Kier molecular flexibility index (Phi) is 2.48. The molecule has 0 fully saturated rings. The Morgan fingerprint density at radius 3 is 1.73 bits per heavy atom. The molecule has 2 atom stereocenters. The minimum Gasteiger partial charge on any atom is -0.294 e. The average molecular weight is 206 g/mol. The third-order valence-electron chi connectivity index (χ3n) is 1.80. The second kappa shape index (κ2) is 3.95. The molecule has 8 nitrogen and oxygen atoms in total. The van der Waals surface area contributed by atoms with Crippen LogP contribution in [-0.2, 0) is 9.59 Å². The molecule has 0 aliphatic carbocycles. The summed E-state index contributed by atoms with van der Waals surface area (Å²) in [5.41, 5.74) is 0. The second-order valence-corrected chi connectivity index (χ2v) is 2.85. The standard InChI is InChI=1S/C7H6N6O2/c14-4(6-8-2-10-12-6)1-5(15)7-9-3-11-13-7/h2-3,6-7H,1H2. The van der Waals surface area contributed by atoms with Gasteiger partial charge in [-0.3, -0.25) is 9.59 Å². The van der Waals surface area contributed by atoms with Gasteiger partial charge in [-0.05, 0) is 0 Å². The smallest absolute Gasteiger partial charge is 0.220 e. The number of Topliss-reactive ketones (excluding diaryl/α,β-unsaturated/α-hetero) is 2. The van der Waals surface area contributed by atoms with Gasteiger partial charge in [0.25, 0.3) is 0 Å². The van der Waals surface area contributed by atoms with Crippen molar-refractivity contribution in [2.24, 2.45) is 30.4 Å². The highest BCUT2D eigenvalue weighted by atomic mass is 16.2. The Morgan fingerprint density at radius 1 is 0.933 bits per heavy atom. The number of aliphatic imine (C=N–C) groups is 2. The van der Waals surface area contributed by atoms with Crippen molar-refractivity contribution in [3.8, 4) is 0 Å². The number of carbonyl (C=O) groups excluding carboxylic acids is 2. The molecule has 76 valence electrons. The molecular weight excluding hydrogens is 200 g/mol. The van der Waals surface area contributed by atoms with Crippen LogP contribution < -0.4 is 0 Å². The van der Waals surface area contributed by atoms with Gasteiger partial charge in [0.15, 0.2) is 11.6 Å². The summed E-state index contributed by atoms with van der Waals surface area (Å²) in [7, 11) is 0. The highest BCUT2D eigenvalue weighted by Crippen LogP contribution is 2.09. The maximum Gasteiger partial charge on any atom is 0.220 e. The summed E-state index contributed by atoms with van der Waals surface area (Å²) in [5.74, 6) is -0.815. The zero-order chi connectivity index (χ0) is 10.7. The first-order valence-corrected chi connectivity index (χ1v) is 4.16. The molecule has 0 N–H and O–H groups in total. The van der Waals surface area contributed by atoms with Crippen LogP contribution in [0.25, 0.3) is 0 Å². The lowest BCUT2D eigenvalue weighted by Gasteiger charge is -2.02. The molecule has 2 rings (SSSR count). The SMILES string of the molecule is O=C(CC(=O)C1N=CN=N1)C1N=CN=N1. The number of rotatable bonds is 4. The van der Waals surface area contributed by atoms with E-state index in [2.05, 4.69) is 30.4 Å². The topological polar surface area (TPSA) is 108 Å². The molecule has 0 aromatic rings. The molecule has 0 aromatic carbocycles. The van der Waals surface area contributed by atoms with E-state index in [9.17, 15) is 9.59 Å². The quantitative estimate of drug-likeness (QED) is 0.610. The van der Waals surface area contributed by atoms with Crippen LogP contribution in [0.1, 0.15) is 6.42 Å². The third kappa shape index (κ3) is 2.03. The van der Waals surface area contributed by atoms with Gasteiger partial charge in [-0.15, -0.1) is 10.2 Å². The molecule has 2 unspecified atom stereocenters. The maximum absolute atomic E-state index is 11.4. The van der Waals surface area contributed by atoms with E-state index in [0.29, 0.717) is 0 Å². The summed E-state index contributed by atoms with van der Waals surface area (Å²) in [5, 5.41) is 13.9. The van der Waals surface area contributed by atoms with Gasteiger partial charge in [0.1, 0.15) is 12.7 Å². The van der Waals surface area contributed by atoms with Gasteiger partial charge in [0, 0.05) is 0 Å². The Morgan fingerprint density at radius 2 is 1.40 bits per heavy atom. The Bertz CT molecular complexity index is 348. The Balaban J connectivity index is 1.91. The predicted molar refractivity (Wildman–Crippen MR) is 48.9 cm³/mol. The first kappa shape index (κ1) is 9.44. The van der Waals surface area contributed by atoms with Crippen LogP contribution in [0.5, 0.6) is 0 Å². The molecule has 2 aliphatic heterocycles. The molecule has 15 heavy (non-hydrogen) atoms. The predicted octanol–water partition coefficient (Wildman–Crippen LogP) is 0.155. The van der Waals surface area contributed by atoms with E-state index >= 15 is 0 Å². The maximum atomic E-state index is 11.4. The molecular formula is C7H6N6O2. The van der Waals surface area contributed by atoms with Gasteiger partial charge in [0.05, 0.1) is 6.42 Å². The van der Waals surface area contributed by atoms with Crippen LogP contribution >= 0.6 is 0 Å². The van der Waals surface area contributed by atoms with E-state index in [0.717, 1.165) is 0 Å². The van der Waals surface area contributed by atoms with Crippen LogP contribution in [-0.4, -0.2) is 36.6 Å². The van der Waals surface area contributed by atoms with E-state index in [1.165, 1.54) is 12.7 Å². The third-order valence-corrected chi connectivity index (χ3v) is 1.80. The van der Waals surface area contributed by atoms with E-state index in [1.54, 1.807) is 0 Å². The van der Waals surface area contributed by atoms with Crippen molar-refractivity contribution < 1.29 is 9.59 Å². The second-order valence-electron chi connectivity index (χ2n) is 2.85. The highest BCUT2D eigenvalue weighted by molar-refractivity contribution is 6.04. The fourth-order valence-electron chi connectivity index (χ4n) is 1.08. The molecule has 0 spiro atoms. The number of ketones is 2. The summed E-state index contributed by atoms with van der Waals surface area (Å²) in [6.45, 7) is 0. The van der Waals surface area contributed by atoms with Gasteiger partial charge in [0.2, 0.25) is 12.3 Å². The van der Waals surface area contributed by atoms with Gasteiger partial charge in [-0.25, -0.2) is 9.98 Å². The van der Waals surface area contributed by atoms with Crippen molar-refractivity contribution in [3.05, 3.63) is 0 Å². The monoisotopic (exact) mass is 206 g/mol. The number of hydrogen-bond acceptors (Lipinski definition) is 8. The zero-order valence-electron chi connectivity index (χ0n) is 7.52. The number of hydrogen-bond donors (Lipinski definition) is 0. The Labute approximate surface area is 83.9 Å². The Hall–Kier alpha value is -2.12. The molecule has 2 aliphatic rings. The van der Waals surface area contributed by atoms with E-state index in [1.807, 2.05) is 0 Å². The minimum absolute atomic E-state index is 0.304. The summed E-state index contributed by atoms with van der Waals surface area (Å²) in [6.07, 6.45) is 0.302. The molecule has 0 bridgehead atoms. The van der Waals surface area contributed by atoms with Gasteiger partial charge < -0.3 is 0 Å². The highest BCUT2D eigenvalue weighted by Gasteiger charge is 2.26. The van der Waals surface area contributed by atoms with Crippen LogP contribution in [0, 0.1) is 0 Å². The minimum atomic E-state index is -0.878. The molecule has 0 saturated heterocycles. The van der Waals surface area contributed by atoms with Gasteiger partial charge in [-0.2, -0.15) is 10.2 Å². The number of nitrogens with zero attached hydrogens (tertiary/aromatic N) is 6. The van der Waals surface area contributed by atoms with E-state index in [-0.39, 0.29) is 6.42 Å². The first-order valence-electron chi connectivity index (χ1n) is 4.16. The molecule has 0 aromatic heterocycles. The van der Waals surface area contributed by atoms with Crippen molar-refractivity contribution >= 4 is 24.2 Å². The van der Waals surface area contributed by atoms with Crippen LogP contribution in [0.3, 0.4) is 0 Å². The summed E-state index contributed by atoms with van der Waals surface area (Å²) >= 11 is 0. The normalized spacial score (nSPS) is 26.4. The van der Waals surface area contributed by atoms with Crippen molar-refractivity contribution in [2.45, 2.75) is 18.8 Å². The van der Waals surface area contributed by atoms with Crippen molar-refractivity contribution in [3.63, 3.8) is 0 Å².